The van der Waals surface area contributed by atoms with Crippen molar-refractivity contribution in [1.82, 2.24) is 9.29 Å². The van der Waals surface area contributed by atoms with E-state index in [4.69, 9.17) is 4.74 Å². The first-order valence-electron chi connectivity index (χ1n) is 11.7. The summed E-state index contributed by atoms with van der Waals surface area (Å²) in [6.45, 7) is 4.95. The lowest BCUT2D eigenvalue weighted by molar-refractivity contribution is -0.111. The molecule has 9 heteroatoms. The van der Waals surface area contributed by atoms with Gasteiger partial charge in [0.2, 0.25) is 15.9 Å². The van der Waals surface area contributed by atoms with Gasteiger partial charge in [-0.1, -0.05) is 44.2 Å². The van der Waals surface area contributed by atoms with Crippen LogP contribution in [0.1, 0.15) is 32.3 Å². The molecule has 0 aliphatic carbocycles. The number of amides is 1. The van der Waals surface area contributed by atoms with E-state index in [2.05, 4.69) is 10.3 Å². The Balaban J connectivity index is 1.56. The Bertz CT molecular complexity index is 1290. The van der Waals surface area contributed by atoms with Crippen LogP contribution in [0.15, 0.2) is 77.0 Å². The summed E-state index contributed by atoms with van der Waals surface area (Å²) in [6.07, 6.45) is 8.12. The molecule has 0 aliphatic rings. The molecule has 190 valence electrons. The molecule has 1 heterocycles. The monoisotopic (exact) mass is 525 g/mol. The minimum atomic E-state index is -3.50. The van der Waals surface area contributed by atoms with Crippen molar-refractivity contribution in [3.05, 3.63) is 77.7 Å². The molecule has 0 unspecified atom stereocenters. The van der Waals surface area contributed by atoms with Crippen molar-refractivity contribution < 1.29 is 17.9 Å². The number of carbonyl (C=O) groups is 1. The average Bonchev–Trinajstić information content (AvgIpc) is 3.35. The third kappa shape index (κ3) is 7.36. The summed E-state index contributed by atoms with van der Waals surface area (Å²) in [5.41, 5.74) is 2.55. The summed E-state index contributed by atoms with van der Waals surface area (Å²) in [7, 11) is -1.88. The first-order chi connectivity index (χ1) is 17.4. The Labute approximate surface area is 217 Å². The number of sulfonamides is 1. The van der Waals surface area contributed by atoms with Gasteiger partial charge >= 0.3 is 0 Å². The summed E-state index contributed by atoms with van der Waals surface area (Å²) >= 11 is 1.35. The first kappa shape index (κ1) is 27.3. The summed E-state index contributed by atoms with van der Waals surface area (Å²) in [4.78, 5) is 17.0. The van der Waals surface area contributed by atoms with E-state index >= 15 is 0 Å². The van der Waals surface area contributed by atoms with Crippen LogP contribution in [0.5, 0.6) is 5.75 Å². The van der Waals surface area contributed by atoms with Crippen molar-refractivity contribution in [2.75, 3.05) is 25.5 Å². The number of allylic oxidation sites excluding steroid dienone is 2. The zero-order valence-electron chi connectivity index (χ0n) is 20.7. The molecular weight excluding hydrogens is 494 g/mol. The number of carbonyl (C=O) groups excluding carboxylic acids is 1. The Morgan fingerprint density at radius 1 is 1.03 bits per heavy atom. The van der Waals surface area contributed by atoms with Gasteiger partial charge in [-0.05, 0) is 54.8 Å². The molecule has 1 amide bonds. The number of benzene rings is 2. The van der Waals surface area contributed by atoms with E-state index in [0.717, 1.165) is 35.4 Å². The van der Waals surface area contributed by atoms with Crippen LogP contribution in [-0.2, 0) is 14.8 Å². The predicted octanol–water partition coefficient (Wildman–Crippen LogP) is 5.84. The maximum Gasteiger partial charge on any atom is 0.250 e. The Morgan fingerprint density at radius 2 is 1.69 bits per heavy atom. The first-order valence-corrected chi connectivity index (χ1v) is 14.0. The van der Waals surface area contributed by atoms with E-state index in [1.165, 1.54) is 21.7 Å². The number of methoxy groups -OCH3 is 1. The van der Waals surface area contributed by atoms with Crippen LogP contribution in [0.3, 0.4) is 0 Å². The van der Waals surface area contributed by atoms with Gasteiger partial charge in [-0.15, -0.1) is 11.3 Å². The molecule has 0 aliphatic heterocycles. The Morgan fingerprint density at radius 3 is 2.31 bits per heavy atom. The standard InChI is InChI=1S/C27H31N3O4S2/c1-4-18-30(19-5-2)36(32,33)24-16-10-21(11-17-24)8-6-7-9-26(31)29-27-28-25(20-35-27)22-12-14-23(34-3)15-13-22/h6-17,20H,4-5,18-19H2,1-3H3,(H,28,29,31)/b8-6+,9-7+. The zero-order valence-corrected chi connectivity index (χ0v) is 22.3. The second kappa shape index (κ2) is 13.2. The van der Waals surface area contributed by atoms with Crippen LogP contribution >= 0.6 is 11.3 Å². The molecule has 0 fully saturated rings. The molecule has 0 atom stereocenters. The van der Waals surface area contributed by atoms with Gasteiger partial charge in [0, 0.05) is 30.1 Å². The third-order valence-corrected chi connectivity index (χ3v) is 7.90. The van der Waals surface area contributed by atoms with Gasteiger partial charge in [-0.2, -0.15) is 4.31 Å². The van der Waals surface area contributed by atoms with Crippen LogP contribution in [0.25, 0.3) is 17.3 Å². The highest BCUT2D eigenvalue weighted by molar-refractivity contribution is 7.89. The van der Waals surface area contributed by atoms with Gasteiger partial charge in [-0.3, -0.25) is 10.1 Å². The minimum Gasteiger partial charge on any atom is -0.497 e. The van der Waals surface area contributed by atoms with Crippen LogP contribution in [0.2, 0.25) is 0 Å². The largest absolute Gasteiger partial charge is 0.497 e. The number of thiazole rings is 1. The van der Waals surface area contributed by atoms with Crippen molar-refractivity contribution in [1.29, 1.82) is 0 Å². The van der Waals surface area contributed by atoms with Crippen molar-refractivity contribution in [3.63, 3.8) is 0 Å². The summed E-state index contributed by atoms with van der Waals surface area (Å²) in [5, 5.41) is 5.15. The summed E-state index contributed by atoms with van der Waals surface area (Å²) in [6, 6.07) is 14.3. The SMILES string of the molecule is CCCN(CCC)S(=O)(=O)c1ccc(/C=C/C=C/C(=O)Nc2nc(-c3ccc(OC)cc3)cs2)cc1. The van der Waals surface area contributed by atoms with Crippen LogP contribution < -0.4 is 10.1 Å². The van der Waals surface area contributed by atoms with Crippen LogP contribution in [0.4, 0.5) is 5.13 Å². The fraction of sp³-hybridized carbons (Fsp3) is 0.259. The van der Waals surface area contributed by atoms with Crippen LogP contribution in [-0.4, -0.2) is 43.8 Å². The smallest absolute Gasteiger partial charge is 0.250 e. The molecule has 0 radical (unpaired) electrons. The van der Waals surface area contributed by atoms with E-state index in [1.807, 2.05) is 43.5 Å². The maximum absolute atomic E-state index is 12.9. The van der Waals surface area contributed by atoms with E-state index in [0.29, 0.717) is 18.2 Å². The molecule has 36 heavy (non-hydrogen) atoms. The Hall–Kier alpha value is -3.27. The Kier molecular flexibility index (Phi) is 9.98. The maximum atomic E-state index is 12.9. The topological polar surface area (TPSA) is 88.6 Å². The van der Waals surface area contributed by atoms with E-state index in [-0.39, 0.29) is 10.8 Å². The quantitative estimate of drug-likeness (QED) is 0.237. The molecule has 1 aromatic heterocycles. The molecule has 0 spiro atoms. The van der Waals surface area contributed by atoms with Crippen molar-refractivity contribution >= 4 is 38.5 Å². The van der Waals surface area contributed by atoms with E-state index in [9.17, 15) is 13.2 Å². The van der Waals surface area contributed by atoms with Gasteiger partial charge in [0.25, 0.3) is 0 Å². The third-order valence-electron chi connectivity index (χ3n) is 5.23. The molecular formula is C27H31N3O4S2. The number of rotatable bonds is 12. The van der Waals surface area contributed by atoms with E-state index < -0.39 is 10.0 Å². The van der Waals surface area contributed by atoms with Crippen LogP contribution in [0, 0.1) is 0 Å². The summed E-state index contributed by atoms with van der Waals surface area (Å²) in [5.74, 6) is 0.482. The molecule has 2 aromatic carbocycles. The lowest BCUT2D eigenvalue weighted by atomic mass is 10.2. The molecule has 3 aromatic rings. The fourth-order valence-electron chi connectivity index (χ4n) is 3.43. The van der Waals surface area contributed by atoms with Gasteiger partial charge in [-0.25, -0.2) is 13.4 Å². The van der Waals surface area contributed by atoms with Gasteiger partial charge in [0.15, 0.2) is 5.13 Å². The van der Waals surface area contributed by atoms with Gasteiger partial charge in [0.05, 0.1) is 17.7 Å². The van der Waals surface area contributed by atoms with Crippen molar-refractivity contribution in [2.45, 2.75) is 31.6 Å². The zero-order chi connectivity index (χ0) is 26.0. The highest BCUT2D eigenvalue weighted by Gasteiger charge is 2.22. The lowest BCUT2D eigenvalue weighted by Gasteiger charge is -2.21. The highest BCUT2D eigenvalue weighted by Crippen LogP contribution is 2.26. The van der Waals surface area contributed by atoms with E-state index in [1.54, 1.807) is 49.6 Å². The molecule has 3 rings (SSSR count). The second-order valence-corrected chi connectivity index (χ2v) is 10.7. The number of ether oxygens (including phenoxy) is 1. The number of aromatic nitrogens is 1. The molecule has 0 bridgehead atoms. The molecule has 0 saturated carbocycles. The number of hydrogen-bond acceptors (Lipinski definition) is 6. The normalized spacial score (nSPS) is 12.0. The average molecular weight is 526 g/mol. The van der Waals surface area contributed by atoms with Crippen molar-refractivity contribution in [2.24, 2.45) is 0 Å². The lowest BCUT2D eigenvalue weighted by Crippen LogP contribution is -2.32. The predicted molar refractivity (Wildman–Crippen MR) is 147 cm³/mol. The second-order valence-electron chi connectivity index (χ2n) is 7.95. The van der Waals surface area contributed by atoms with Gasteiger partial charge in [0.1, 0.15) is 5.75 Å². The number of hydrogen-bond donors (Lipinski definition) is 1. The number of nitrogens with one attached hydrogen (secondary N) is 1. The highest BCUT2D eigenvalue weighted by atomic mass is 32.2. The molecule has 1 N–H and O–H groups in total. The van der Waals surface area contributed by atoms with Crippen molar-refractivity contribution in [3.8, 4) is 17.0 Å². The number of anilines is 1. The number of nitrogens with zero attached hydrogens (tertiary/aromatic N) is 2. The summed E-state index contributed by atoms with van der Waals surface area (Å²) < 4.78 is 32.4. The molecule has 7 nitrogen and oxygen atoms in total. The molecule has 0 saturated heterocycles. The minimum absolute atomic E-state index is 0.286. The fourth-order valence-corrected chi connectivity index (χ4v) is 5.78. The van der Waals surface area contributed by atoms with Gasteiger partial charge < -0.3 is 4.74 Å².